The molecule has 0 saturated carbocycles. The number of methoxy groups -OCH3 is 2. The Labute approximate surface area is 172 Å². The molecule has 3 aromatic rings. The van der Waals surface area contributed by atoms with Crippen LogP contribution in [0.15, 0.2) is 83.9 Å². The van der Waals surface area contributed by atoms with Gasteiger partial charge < -0.3 is 20.5 Å². The summed E-state index contributed by atoms with van der Waals surface area (Å²) in [7, 11) is 3.21. The molecule has 5 heteroatoms. The summed E-state index contributed by atoms with van der Waals surface area (Å²) in [5.41, 5.74) is 9.48. The number of nitrogens with two attached hydrogens (primary N) is 1. The number of ether oxygens (including phenoxy) is 2. The van der Waals surface area contributed by atoms with Gasteiger partial charge in [0.1, 0.15) is 0 Å². The second kappa shape index (κ2) is 10.2. The lowest BCUT2D eigenvalue weighted by Gasteiger charge is -2.16. The molecule has 5 nitrogen and oxygen atoms in total. The summed E-state index contributed by atoms with van der Waals surface area (Å²) in [4.78, 5) is 4.60. The predicted molar refractivity (Wildman–Crippen MR) is 119 cm³/mol. The van der Waals surface area contributed by atoms with E-state index in [1.165, 1.54) is 11.1 Å². The Balaban J connectivity index is 1.73. The Morgan fingerprint density at radius 1 is 0.897 bits per heavy atom. The SMILES string of the molecule is COc1ccc(NC(N)=NCC(Cc2ccccc2)c2ccccc2)cc1OC. The Kier molecular flexibility index (Phi) is 7.11. The molecule has 0 amide bonds. The van der Waals surface area contributed by atoms with Crippen molar-refractivity contribution in [2.24, 2.45) is 10.7 Å². The molecule has 0 aromatic heterocycles. The van der Waals surface area contributed by atoms with E-state index in [2.05, 4.69) is 58.8 Å². The highest BCUT2D eigenvalue weighted by Crippen LogP contribution is 2.29. The van der Waals surface area contributed by atoms with Gasteiger partial charge in [-0.15, -0.1) is 0 Å². The molecule has 1 atom stereocenters. The number of hydrogen-bond acceptors (Lipinski definition) is 3. The van der Waals surface area contributed by atoms with Crippen LogP contribution in [-0.4, -0.2) is 26.7 Å². The zero-order valence-electron chi connectivity index (χ0n) is 16.8. The molecule has 0 saturated heterocycles. The van der Waals surface area contributed by atoms with Crippen LogP contribution in [0.5, 0.6) is 11.5 Å². The van der Waals surface area contributed by atoms with Crippen molar-refractivity contribution in [3.05, 3.63) is 90.0 Å². The van der Waals surface area contributed by atoms with Crippen molar-refractivity contribution < 1.29 is 9.47 Å². The van der Waals surface area contributed by atoms with E-state index in [4.69, 9.17) is 15.2 Å². The van der Waals surface area contributed by atoms with Crippen LogP contribution >= 0.6 is 0 Å². The molecule has 0 spiro atoms. The molecule has 1 unspecified atom stereocenters. The molecule has 0 aliphatic heterocycles. The summed E-state index contributed by atoms with van der Waals surface area (Å²) in [5.74, 6) is 1.91. The average molecular weight is 389 g/mol. The first-order valence-electron chi connectivity index (χ1n) is 9.57. The topological polar surface area (TPSA) is 68.9 Å². The maximum absolute atomic E-state index is 6.15. The number of benzene rings is 3. The first kappa shape index (κ1) is 20.3. The Bertz CT molecular complexity index is 927. The molecule has 0 aliphatic rings. The van der Waals surface area contributed by atoms with E-state index in [0.717, 1.165) is 12.1 Å². The van der Waals surface area contributed by atoms with Gasteiger partial charge in [0.05, 0.1) is 14.2 Å². The van der Waals surface area contributed by atoms with Gasteiger partial charge in [0.25, 0.3) is 0 Å². The monoisotopic (exact) mass is 389 g/mol. The molecule has 29 heavy (non-hydrogen) atoms. The molecule has 0 heterocycles. The van der Waals surface area contributed by atoms with Crippen molar-refractivity contribution in [1.29, 1.82) is 0 Å². The van der Waals surface area contributed by atoms with Gasteiger partial charge in [-0.25, -0.2) is 0 Å². The molecule has 3 rings (SSSR count). The number of nitrogens with zero attached hydrogens (tertiary/aromatic N) is 1. The fraction of sp³-hybridized carbons (Fsp3) is 0.208. The molecule has 0 bridgehead atoms. The third-order valence-corrected chi connectivity index (χ3v) is 4.73. The van der Waals surface area contributed by atoms with E-state index in [9.17, 15) is 0 Å². The standard InChI is InChI=1S/C24H27N3O2/c1-28-22-14-13-21(16-23(22)29-2)27-24(25)26-17-20(19-11-7-4-8-12-19)15-18-9-5-3-6-10-18/h3-14,16,20H,15,17H2,1-2H3,(H3,25,26,27). The molecule has 3 N–H and O–H groups in total. The maximum Gasteiger partial charge on any atom is 0.193 e. The molecule has 0 fully saturated rings. The van der Waals surface area contributed by atoms with Crippen molar-refractivity contribution >= 4 is 11.6 Å². The lowest BCUT2D eigenvalue weighted by molar-refractivity contribution is 0.355. The van der Waals surface area contributed by atoms with E-state index in [0.29, 0.717) is 24.0 Å². The molecular weight excluding hydrogens is 362 g/mol. The third kappa shape index (κ3) is 5.75. The van der Waals surface area contributed by atoms with Gasteiger partial charge in [-0.1, -0.05) is 60.7 Å². The van der Waals surface area contributed by atoms with Gasteiger partial charge in [-0.3, -0.25) is 4.99 Å². The largest absolute Gasteiger partial charge is 0.493 e. The summed E-state index contributed by atoms with van der Waals surface area (Å²) in [5, 5.41) is 3.13. The number of anilines is 1. The van der Waals surface area contributed by atoms with E-state index in [-0.39, 0.29) is 5.92 Å². The summed E-state index contributed by atoms with van der Waals surface area (Å²) in [6, 6.07) is 26.4. The fourth-order valence-corrected chi connectivity index (χ4v) is 3.22. The van der Waals surface area contributed by atoms with Crippen LogP contribution in [0.25, 0.3) is 0 Å². The van der Waals surface area contributed by atoms with Crippen LogP contribution in [0, 0.1) is 0 Å². The highest BCUT2D eigenvalue weighted by molar-refractivity contribution is 5.92. The van der Waals surface area contributed by atoms with Gasteiger partial charge in [0.2, 0.25) is 0 Å². The Morgan fingerprint density at radius 2 is 1.55 bits per heavy atom. The van der Waals surface area contributed by atoms with E-state index in [1.54, 1.807) is 14.2 Å². The van der Waals surface area contributed by atoms with Crippen LogP contribution in [0.4, 0.5) is 5.69 Å². The highest BCUT2D eigenvalue weighted by atomic mass is 16.5. The second-order valence-corrected chi connectivity index (χ2v) is 6.72. The molecule has 0 aliphatic carbocycles. The minimum Gasteiger partial charge on any atom is -0.493 e. The maximum atomic E-state index is 6.15. The average Bonchev–Trinajstić information content (AvgIpc) is 2.77. The first-order chi connectivity index (χ1) is 14.2. The summed E-state index contributed by atoms with van der Waals surface area (Å²) < 4.78 is 10.6. The van der Waals surface area contributed by atoms with Gasteiger partial charge in [-0.05, 0) is 29.7 Å². The van der Waals surface area contributed by atoms with Crippen molar-refractivity contribution in [3.8, 4) is 11.5 Å². The quantitative estimate of drug-likeness (QED) is 0.441. The second-order valence-electron chi connectivity index (χ2n) is 6.72. The minimum absolute atomic E-state index is 0.240. The van der Waals surface area contributed by atoms with Crippen molar-refractivity contribution in [3.63, 3.8) is 0 Å². The molecule has 0 radical (unpaired) electrons. The minimum atomic E-state index is 0.240. The van der Waals surface area contributed by atoms with Crippen LogP contribution in [0.1, 0.15) is 17.0 Å². The van der Waals surface area contributed by atoms with Crippen LogP contribution in [0.2, 0.25) is 0 Å². The smallest absolute Gasteiger partial charge is 0.193 e. The number of guanidine groups is 1. The van der Waals surface area contributed by atoms with Gasteiger partial charge in [0.15, 0.2) is 17.5 Å². The van der Waals surface area contributed by atoms with Gasteiger partial charge in [-0.2, -0.15) is 0 Å². The van der Waals surface area contributed by atoms with Crippen LogP contribution < -0.4 is 20.5 Å². The first-order valence-corrected chi connectivity index (χ1v) is 9.57. The summed E-state index contributed by atoms with van der Waals surface area (Å²) >= 11 is 0. The fourth-order valence-electron chi connectivity index (χ4n) is 3.22. The summed E-state index contributed by atoms with van der Waals surface area (Å²) in [6.07, 6.45) is 0.901. The predicted octanol–water partition coefficient (Wildman–Crippen LogP) is 4.46. The van der Waals surface area contributed by atoms with Gasteiger partial charge in [0, 0.05) is 24.2 Å². The lowest BCUT2D eigenvalue weighted by Crippen LogP contribution is -2.24. The van der Waals surface area contributed by atoms with Gasteiger partial charge >= 0.3 is 0 Å². The number of nitrogens with one attached hydrogen (secondary N) is 1. The highest BCUT2D eigenvalue weighted by Gasteiger charge is 2.12. The number of rotatable bonds is 8. The van der Waals surface area contributed by atoms with E-state index < -0.39 is 0 Å². The molecular formula is C24H27N3O2. The lowest BCUT2D eigenvalue weighted by atomic mass is 9.92. The number of aliphatic imine (C=N–C) groups is 1. The molecule has 150 valence electrons. The number of hydrogen-bond donors (Lipinski definition) is 2. The van der Waals surface area contributed by atoms with Crippen LogP contribution in [-0.2, 0) is 6.42 Å². The molecule has 3 aromatic carbocycles. The zero-order valence-corrected chi connectivity index (χ0v) is 16.8. The zero-order chi connectivity index (χ0) is 20.5. The van der Waals surface area contributed by atoms with E-state index in [1.807, 2.05) is 30.3 Å². The third-order valence-electron chi connectivity index (χ3n) is 4.73. The van der Waals surface area contributed by atoms with Crippen molar-refractivity contribution in [2.75, 3.05) is 26.1 Å². The summed E-state index contributed by atoms with van der Waals surface area (Å²) in [6.45, 7) is 0.588. The normalized spacial score (nSPS) is 12.3. The Morgan fingerprint density at radius 3 is 2.21 bits per heavy atom. The van der Waals surface area contributed by atoms with Crippen molar-refractivity contribution in [1.82, 2.24) is 0 Å². The Hall–Kier alpha value is -3.47. The van der Waals surface area contributed by atoms with Crippen molar-refractivity contribution in [2.45, 2.75) is 12.3 Å². The van der Waals surface area contributed by atoms with E-state index >= 15 is 0 Å². The van der Waals surface area contributed by atoms with Crippen LogP contribution in [0.3, 0.4) is 0 Å².